The highest BCUT2D eigenvalue weighted by atomic mass is 16.6. The summed E-state index contributed by atoms with van der Waals surface area (Å²) in [5.41, 5.74) is 0. The highest BCUT2D eigenvalue weighted by Crippen LogP contribution is 2.16. The molecule has 350 valence electrons. The van der Waals surface area contributed by atoms with Crippen LogP contribution in [0.15, 0.2) is 72.9 Å². The van der Waals surface area contributed by atoms with Crippen LogP contribution in [-0.2, 0) is 28.6 Å². The van der Waals surface area contributed by atoms with E-state index >= 15 is 0 Å². The minimum atomic E-state index is -0.805. The minimum Gasteiger partial charge on any atom is -0.462 e. The number of hydrogen-bond donors (Lipinski definition) is 0. The molecule has 6 heteroatoms. The lowest BCUT2D eigenvalue weighted by molar-refractivity contribution is -0.167. The van der Waals surface area contributed by atoms with Crippen LogP contribution in [0.25, 0.3) is 0 Å². The molecule has 0 aliphatic heterocycles. The Balaban J connectivity index is 4.36. The Hall–Kier alpha value is -3.15. The first-order chi connectivity index (χ1) is 30.0. The third kappa shape index (κ3) is 47.7. The van der Waals surface area contributed by atoms with Gasteiger partial charge < -0.3 is 14.2 Å². The number of carbonyl (C=O) groups is 3. The van der Waals surface area contributed by atoms with Crippen LogP contribution < -0.4 is 0 Å². The predicted molar refractivity (Wildman–Crippen MR) is 261 cm³/mol. The second-order valence-electron chi connectivity index (χ2n) is 16.8. The lowest BCUT2D eigenvalue weighted by Gasteiger charge is -2.18. The van der Waals surface area contributed by atoms with Crippen molar-refractivity contribution < 1.29 is 28.6 Å². The van der Waals surface area contributed by atoms with E-state index in [2.05, 4.69) is 45.1 Å². The van der Waals surface area contributed by atoms with Crippen LogP contribution in [0.5, 0.6) is 0 Å². The monoisotopic (exact) mass is 851 g/mol. The van der Waals surface area contributed by atoms with Crippen molar-refractivity contribution in [3.05, 3.63) is 72.9 Å². The van der Waals surface area contributed by atoms with Crippen molar-refractivity contribution in [2.45, 2.75) is 245 Å². The highest BCUT2D eigenvalue weighted by Gasteiger charge is 2.19. The van der Waals surface area contributed by atoms with Crippen molar-refractivity contribution in [1.29, 1.82) is 0 Å². The van der Waals surface area contributed by atoms with Crippen molar-refractivity contribution in [3.63, 3.8) is 0 Å². The van der Waals surface area contributed by atoms with Crippen molar-refractivity contribution in [2.75, 3.05) is 13.2 Å². The Morgan fingerprint density at radius 3 is 1.13 bits per heavy atom. The van der Waals surface area contributed by atoms with Gasteiger partial charge in [-0.3, -0.25) is 14.4 Å². The molecular formula is C55H94O6. The van der Waals surface area contributed by atoms with Crippen molar-refractivity contribution in [2.24, 2.45) is 0 Å². The maximum Gasteiger partial charge on any atom is 0.306 e. The summed E-state index contributed by atoms with van der Waals surface area (Å²) in [6.45, 7) is 6.41. The Bertz CT molecular complexity index is 1160. The summed E-state index contributed by atoms with van der Waals surface area (Å²) in [6.07, 6.45) is 61.9. The average molecular weight is 851 g/mol. The van der Waals surface area contributed by atoms with Crippen molar-refractivity contribution >= 4 is 17.9 Å². The van der Waals surface area contributed by atoms with Gasteiger partial charge in [-0.2, -0.15) is 0 Å². The van der Waals surface area contributed by atoms with E-state index in [0.29, 0.717) is 25.7 Å². The Kier molecular flexibility index (Phi) is 46.9. The zero-order valence-electron chi connectivity index (χ0n) is 39.9. The second-order valence-corrected chi connectivity index (χ2v) is 16.8. The number of unbranched alkanes of at least 4 members (excludes halogenated alkanes) is 26. The summed E-state index contributed by atoms with van der Waals surface area (Å²) in [5.74, 6) is -0.978. The summed E-state index contributed by atoms with van der Waals surface area (Å²) in [4.78, 5) is 37.8. The zero-order valence-corrected chi connectivity index (χ0v) is 39.9. The molecule has 0 rings (SSSR count). The molecule has 0 saturated heterocycles. The molecule has 1 unspecified atom stereocenters. The van der Waals surface area contributed by atoms with Crippen LogP contribution in [0, 0.1) is 0 Å². The molecule has 0 aromatic heterocycles. The molecule has 1 atom stereocenters. The van der Waals surface area contributed by atoms with Crippen LogP contribution in [0.1, 0.15) is 239 Å². The van der Waals surface area contributed by atoms with E-state index in [1.54, 1.807) is 0 Å². The fraction of sp³-hybridized carbons (Fsp3) is 0.727. The summed E-state index contributed by atoms with van der Waals surface area (Å²) in [7, 11) is 0. The Morgan fingerprint density at radius 1 is 0.344 bits per heavy atom. The van der Waals surface area contributed by atoms with Crippen molar-refractivity contribution in [3.8, 4) is 0 Å². The van der Waals surface area contributed by atoms with Gasteiger partial charge in [0, 0.05) is 19.3 Å². The molecule has 0 radical (unpaired) electrons. The smallest absolute Gasteiger partial charge is 0.306 e. The molecule has 0 spiro atoms. The SMILES string of the molecule is CC\C=C/C=C\C=C/C=C\C=C/CCCCCC(=O)OC(COC(=O)CCC/C=C\CCCCCC)COC(=O)CCCCCCCCCCCCCCCCCCCCC. The van der Waals surface area contributed by atoms with Crippen LogP contribution >= 0.6 is 0 Å². The lowest BCUT2D eigenvalue weighted by atomic mass is 10.0. The average Bonchev–Trinajstić information content (AvgIpc) is 3.26. The fourth-order valence-corrected chi connectivity index (χ4v) is 7.00. The molecular weight excluding hydrogens is 757 g/mol. The summed E-state index contributed by atoms with van der Waals surface area (Å²) >= 11 is 0. The van der Waals surface area contributed by atoms with Gasteiger partial charge in [0.2, 0.25) is 0 Å². The molecule has 0 aliphatic rings. The Morgan fingerprint density at radius 2 is 0.672 bits per heavy atom. The molecule has 61 heavy (non-hydrogen) atoms. The van der Waals surface area contributed by atoms with Gasteiger partial charge in [-0.05, 0) is 57.8 Å². The van der Waals surface area contributed by atoms with Gasteiger partial charge >= 0.3 is 17.9 Å². The quantitative estimate of drug-likeness (QED) is 0.0200. The topological polar surface area (TPSA) is 78.9 Å². The summed E-state index contributed by atoms with van der Waals surface area (Å²) in [6, 6.07) is 0. The molecule has 0 N–H and O–H groups in total. The number of esters is 3. The minimum absolute atomic E-state index is 0.0998. The third-order valence-electron chi connectivity index (χ3n) is 10.8. The van der Waals surface area contributed by atoms with Gasteiger partial charge in [-0.1, -0.05) is 235 Å². The number of carbonyl (C=O) groups excluding carboxylic acids is 3. The molecule has 0 amide bonds. The zero-order chi connectivity index (χ0) is 44.4. The lowest BCUT2D eigenvalue weighted by Crippen LogP contribution is -2.30. The maximum absolute atomic E-state index is 12.7. The molecule has 0 bridgehead atoms. The largest absolute Gasteiger partial charge is 0.462 e. The van der Waals surface area contributed by atoms with Crippen LogP contribution in [0.4, 0.5) is 0 Å². The van der Waals surface area contributed by atoms with Gasteiger partial charge in [0.1, 0.15) is 13.2 Å². The van der Waals surface area contributed by atoms with E-state index in [-0.39, 0.29) is 37.5 Å². The van der Waals surface area contributed by atoms with E-state index in [0.717, 1.165) is 57.8 Å². The van der Waals surface area contributed by atoms with E-state index in [1.165, 1.54) is 128 Å². The standard InChI is InChI=1S/C55H94O6/c1-4-7-10-13-16-19-21-23-25-26-27-28-30-31-33-36-39-42-45-48-54(57)60-51-52(50-59-53(56)47-44-41-38-35-18-15-12-9-6-3)61-55(58)49-46-43-40-37-34-32-29-24-22-20-17-14-11-8-5-2/h8,11,14,17,20,22,24,29,32,34-35,38,52H,4-7,9-10,12-13,15-16,18-19,21,23,25-28,30-31,33,36-37,39-51H2,1-3H3/b11-8-,17-14-,22-20-,29-24-,34-32-,38-35-. The van der Waals surface area contributed by atoms with Crippen molar-refractivity contribution in [1.82, 2.24) is 0 Å². The molecule has 0 heterocycles. The first kappa shape index (κ1) is 57.9. The molecule has 0 aromatic carbocycles. The van der Waals surface area contributed by atoms with E-state index in [4.69, 9.17) is 14.2 Å². The summed E-state index contributed by atoms with van der Waals surface area (Å²) < 4.78 is 16.7. The normalized spacial score (nSPS) is 12.6. The number of hydrogen-bond acceptors (Lipinski definition) is 6. The van der Waals surface area contributed by atoms with Gasteiger partial charge in [-0.15, -0.1) is 0 Å². The van der Waals surface area contributed by atoms with Gasteiger partial charge in [0.05, 0.1) is 0 Å². The van der Waals surface area contributed by atoms with Crippen LogP contribution in [-0.4, -0.2) is 37.2 Å². The predicted octanol–water partition coefficient (Wildman–Crippen LogP) is 16.6. The molecule has 6 nitrogen and oxygen atoms in total. The molecule has 0 saturated carbocycles. The van der Waals surface area contributed by atoms with E-state index < -0.39 is 6.10 Å². The van der Waals surface area contributed by atoms with Gasteiger partial charge in [0.15, 0.2) is 6.10 Å². The van der Waals surface area contributed by atoms with Crippen LogP contribution in [0.3, 0.4) is 0 Å². The number of rotatable bonds is 45. The van der Waals surface area contributed by atoms with E-state index in [1.807, 2.05) is 48.6 Å². The van der Waals surface area contributed by atoms with Gasteiger partial charge in [-0.25, -0.2) is 0 Å². The van der Waals surface area contributed by atoms with Gasteiger partial charge in [0.25, 0.3) is 0 Å². The maximum atomic E-state index is 12.7. The molecule has 0 aromatic rings. The second kappa shape index (κ2) is 49.5. The van der Waals surface area contributed by atoms with Crippen LogP contribution in [0.2, 0.25) is 0 Å². The Labute approximate surface area is 376 Å². The van der Waals surface area contributed by atoms with E-state index in [9.17, 15) is 14.4 Å². The third-order valence-corrected chi connectivity index (χ3v) is 10.8. The number of ether oxygens (including phenoxy) is 3. The fourth-order valence-electron chi connectivity index (χ4n) is 7.00. The molecule has 0 fully saturated rings. The summed E-state index contributed by atoms with van der Waals surface area (Å²) in [5, 5.41) is 0. The number of allylic oxidation sites excluding steroid dienone is 12. The first-order valence-electron chi connectivity index (χ1n) is 25.5. The highest BCUT2D eigenvalue weighted by molar-refractivity contribution is 5.71. The first-order valence-corrected chi connectivity index (χ1v) is 25.5. The molecule has 0 aliphatic carbocycles.